The average Bonchev–Trinajstić information content (AvgIpc) is 3.07. The highest BCUT2D eigenvalue weighted by Gasteiger charge is 2.18. The van der Waals surface area contributed by atoms with Crippen LogP contribution < -0.4 is 5.32 Å². The van der Waals surface area contributed by atoms with E-state index in [1.165, 1.54) is 12.8 Å². The number of aromatic nitrogens is 1. The van der Waals surface area contributed by atoms with Crippen LogP contribution in [0.5, 0.6) is 0 Å². The molecular formula is C19H27N3OS. The zero-order valence-electron chi connectivity index (χ0n) is 14.3. The second-order valence-electron chi connectivity index (χ2n) is 6.76. The van der Waals surface area contributed by atoms with Gasteiger partial charge in [-0.2, -0.15) is 0 Å². The predicted octanol–water partition coefficient (Wildman–Crippen LogP) is 2.99. The van der Waals surface area contributed by atoms with Gasteiger partial charge in [-0.1, -0.05) is 37.3 Å². The molecule has 4 nitrogen and oxygen atoms in total. The number of piperidine rings is 1. The van der Waals surface area contributed by atoms with Crippen molar-refractivity contribution in [2.45, 2.75) is 32.4 Å². The molecular weight excluding hydrogens is 318 g/mol. The first-order valence-corrected chi connectivity index (χ1v) is 9.69. The number of aliphatic hydroxyl groups excluding tert-OH is 1. The second kappa shape index (κ2) is 8.72. The number of hydrogen-bond donors (Lipinski definition) is 2. The van der Waals surface area contributed by atoms with E-state index < -0.39 is 0 Å². The third kappa shape index (κ3) is 5.11. The van der Waals surface area contributed by atoms with E-state index in [2.05, 4.69) is 39.6 Å². The lowest BCUT2D eigenvalue weighted by Crippen LogP contribution is -2.41. The van der Waals surface area contributed by atoms with E-state index in [0.29, 0.717) is 13.1 Å². The lowest BCUT2D eigenvalue weighted by molar-refractivity contribution is 0.0907. The van der Waals surface area contributed by atoms with Crippen LogP contribution in [0.15, 0.2) is 35.7 Å². The van der Waals surface area contributed by atoms with E-state index in [1.807, 2.05) is 18.2 Å². The molecule has 1 unspecified atom stereocenters. The summed E-state index contributed by atoms with van der Waals surface area (Å²) in [5.74, 6) is 0.834. The highest BCUT2D eigenvalue weighted by atomic mass is 32.1. The summed E-state index contributed by atoms with van der Waals surface area (Å²) in [4.78, 5) is 7.04. The number of thiazole rings is 1. The van der Waals surface area contributed by atoms with Crippen molar-refractivity contribution in [1.82, 2.24) is 15.2 Å². The molecule has 0 saturated carbocycles. The monoisotopic (exact) mass is 345 g/mol. The Balaban J connectivity index is 1.39. The lowest BCUT2D eigenvalue weighted by atomic mass is 9.99. The van der Waals surface area contributed by atoms with Crippen LogP contribution in [-0.4, -0.2) is 47.3 Å². The molecule has 1 aliphatic rings. The van der Waals surface area contributed by atoms with Gasteiger partial charge in [-0.3, -0.25) is 0 Å². The smallest absolute Gasteiger partial charge is 0.107 e. The molecule has 0 amide bonds. The number of aliphatic hydroxyl groups is 1. The summed E-state index contributed by atoms with van der Waals surface area (Å²) in [6.45, 7) is 6.65. The number of nitrogens with one attached hydrogen (secondary N) is 1. The first-order valence-electron chi connectivity index (χ1n) is 8.81. The molecule has 0 spiro atoms. The Kier molecular flexibility index (Phi) is 6.37. The molecule has 1 aliphatic heterocycles. The van der Waals surface area contributed by atoms with Gasteiger partial charge in [-0.05, 0) is 31.8 Å². The first kappa shape index (κ1) is 17.5. The Labute approximate surface area is 148 Å². The van der Waals surface area contributed by atoms with Gasteiger partial charge in [-0.25, -0.2) is 4.98 Å². The summed E-state index contributed by atoms with van der Waals surface area (Å²) in [7, 11) is 0. The SMILES string of the molecule is CC1CCN(CC(O)CNCc2nc(-c3ccccc3)cs2)CC1. The minimum Gasteiger partial charge on any atom is -0.390 e. The van der Waals surface area contributed by atoms with Gasteiger partial charge in [-0.15, -0.1) is 11.3 Å². The predicted molar refractivity (Wildman–Crippen MR) is 100 cm³/mol. The van der Waals surface area contributed by atoms with Crippen molar-refractivity contribution in [3.8, 4) is 11.3 Å². The minimum absolute atomic E-state index is 0.313. The first-order chi connectivity index (χ1) is 11.7. The Hall–Kier alpha value is -1.27. The second-order valence-corrected chi connectivity index (χ2v) is 7.70. The summed E-state index contributed by atoms with van der Waals surface area (Å²) < 4.78 is 0. The van der Waals surface area contributed by atoms with E-state index in [0.717, 1.165) is 41.8 Å². The summed E-state index contributed by atoms with van der Waals surface area (Å²) in [6.07, 6.45) is 2.19. The molecule has 2 aromatic rings. The summed E-state index contributed by atoms with van der Waals surface area (Å²) >= 11 is 1.67. The van der Waals surface area contributed by atoms with Crippen LogP contribution in [0.2, 0.25) is 0 Å². The zero-order chi connectivity index (χ0) is 16.8. The number of hydrogen-bond acceptors (Lipinski definition) is 5. The van der Waals surface area contributed by atoms with Gasteiger partial charge in [0.2, 0.25) is 0 Å². The maximum Gasteiger partial charge on any atom is 0.107 e. The number of likely N-dealkylation sites (tertiary alicyclic amines) is 1. The summed E-state index contributed by atoms with van der Waals surface area (Å²) in [5, 5.41) is 16.7. The van der Waals surface area contributed by atoms with Gasteiger partial charge in [0, 0.05) is 30.6 Å². The van der Waals surface area contributed by atoms with Gasteiger partial charge < -0.3 is 15.3 Å². The molecule has 3 rings (SSSR count). The van der Waals surface area contributed by atoms with Crippen LogP contribution in [0, 0.1) is 5.92 Å². The lowest BCUT2D eigenvalue weighted by Gasteiger charge is -2.31. The van der Waals surface area contributed by atoms with E-state index in [-0.39, 0.29) is 6.10 Å². The number of benzene rings is 1. The van der Waals surface area contributed by atoms with Crippen molar-refractivity contribution in [3.05, 3.63) is 40.7 Å². The van der Waals surface area contributed by atoms with E-state index in [4.69, 9.17) is 0 Å². The molecule has 2 N–H and O–H groups in total. The molecule has 5 heteroatoms. The van der Waals surface area contributed by atoms with Gasteiger partial charge >= 0.3 is 0 Å². The van der Waals surface area contributed by atoms with Crippen molar-refractivity contribution >= 4 is 11.3 Å². The quantitative estimate of drug-likeness (QED) is 0.810. The van der Waals surface area contributed by atoms with Gasteiger partial charge in [0.05, 0.1) is 11.8 Å². The molecule has 1 atom stereocenters. The van der Waals surface area contributed by atoms with Gasteiger partial charge in [0.15, 0.2) is 0 Å². The van der Waals surface area contributed by atoms with Crippen LogP contribution in [0.1, 0.15) is 24.8 Å². The standard InChI is InChI=1S/C19H27N3OS/c1-15-7-9-22(10-8-15)13-17(23)11-20-12-19-21-18(14-24-19)16-5-3-2-4-6-16/h2-6,14-15,17,20,23H,7-13H2,1H3. The largest absolute Gasteiger partial charge is 0.390 e. The van der Waals surface area contributed by atoms with E-state index in [1.54, 1.807) is 11.3 Å². The fourth-order valence-corrected chi connectivity index (χ4v) is 3.86. The van der Waals surface area contributed by atoms with Crippen LogP contribution in [0.4, 0.5) is 0 Å². The molecule has 1 aromatic carbocycles. The van der Waals surface area contributed by atoms with Gasteiger partial charge in [0.25, 0.3) is 0 Å². The van der Waals surface area contributed by atoms with Crippen LogP contribution >= 0.6 is 11.3 Å². The zero-order valence-corrected chi connectivity index (χ0v) is 15.1. The average molecular weight is 346 g/mol. The van der Waals surface area contributed by atoms with Crippen molar-refractivity contribution in [2.75, 3.05) is 26.2 Å². The highest BCUT2D eigenvalue weighted by Crippen LogP contribution is 2.21. The Morgan fingerprint density at radius 1 is 1.29 bits per heavy atom. The third-order valence-corrected chi connectivity index (χ3v) is 5.47. The molecule has 0 bridgehead atoms. The third-order valence-electron chi connectivity index (χ3n) is 4.62. The summed E-state index contributed by atoms with van der Waals surface area (Å²) in [5.41, 5.74) is 2.18. The Morgan fingerprint density at radius 3 is 2.79 bits per heavy atom. The number of rotatable bonds is 7. The van der Waals surface area contributed by atoms with E-state index >= 15 is 0 Å². The Morgan fingerprint density at radius 2 is 2.04 bits per heavy atom. The van der Waals surface area contributed by atoms with Crippen molar-refractivity contribution < 1.29 is 5.11 Å². The van der Waals surface area contributed by atoms with Crippen molar-refractivity contribution in [2.24, 2.45) is 5.92 Å². The van der Waals surface area contributed by atoms with Crippen LogP contribution in [0.3, 0.4) is 0 Å². The maximum absolute atomic E-state index is 10.2. The topological polar surface area (TPSA) is 48.4 Å². The normalized spacial score (nSPS) is 17.9. The summed E-state index contributed by atoms with van der Waals surface area (Å²) in [6, 6.07) is 10.2. The molecule has 24 heavy (non-hydrogen) atoms. The van der Waals surface area contributed by atoms with Crippen molar-refractivity contribution in [3.63, 3.8) is 0 Å². The molecule has 1 aromatic heterocycles. The minimum atomic E-state index is -0.313. The Bertz CT molecular complexity index is 608. The highest BCUT2D eigenvalue weighted by molar-refractivity contribution is 7.09. The van der Waals surface area contributed by atoms with Gasteiger partial charge in [0.1, 0.15) is 5.01 Å². The molecule has 2 heterocycles. The number of nitrogens with zero attached hydrogens (tertiary/aromatic N) is 2. The van der Waals surface area contributed by atoms with Crippen LogP contribution in [0.25, 0.3) is 11.3 Å². The fourth-order valence-electron chi connectivity index (χ4n) is 3.09. The molecule has 0 radical (unpaired) electrons. The number of β-amino-alcohol motifs (C(OH)–C–C–N with tert-alkyl or cyclic N) is 1. The van der Waals surface area contributed by atoms with Crippen LogP contribution in [-0.2, 0) is 6.54 Å². The fraction of sp³-hybridized carbons (Fsp3) is 0.526. The van der Waals surface area contributed by atoms with Crippen molar-refractivity contribution in [1.29, 1.82) is 0 Å². The van der Waals surface area contributed by atoms with E-state index in [9.17, 15) is 5.11 Å². The molecule has 0 aliphatic carbocycles. The maximum atomic E-state index is 10.2. The molecule has 130 valence electrons. The molecule has 1 fully saturated rings. The molecule has 1 saturated heterocycles.